The standard InChI is InChI=1S/C16H25ClN4O.CH2O2/c17-15-12-18-21(13-15)11-9-19-6-3-7-20(10-8-19)16(22)14-4-1-2-5-14;2-1-3/h12-14H,1-11H2;1H,(H,2,3). The van der Waals surface area contributed by atoms with E-state index >= 15 is 0 Å². The number of hydrogen-bond acceptors (Lipinski definition) is 4. The van der Waals surface area contributed by atoms with Crippen LogP contribution in [0.4, 0.5) is 0 Å². The van der Waals surface area contributed by atoms with Gasteiger partial charge in [0.15, 0.2) is 0 Å². The Morgan fingerprint density at radius 1 is 1.20 bits per heavy atom. The fourth-order valence-corrected chi connectivity index (χ4v) is 3.71. The third-order valence-corrected chi connectivity index (χ3v) is 5.05. The van der Waals surface area contributed by atoms with Crippen molar-refractivity contribution in [2.24, 2.45) is 5.92 Å². The normalized spacial score (nSPS) is 19.2. The van der Waals surface area contributed by atoms with Gasteiger partial charge >= 0.3 is 0 Å². The van der Waals surface area contributed by atoms with Crippen molar-refractivity contribution in [3.05, 3.63) is 17.4 Å². The zero-order valence-corrected chi connectivity index (χ0v) is 15.3. The van der Waals surface area contributed by atoms with Crippen LogP contribution in [0.2, 0.25) is 5.02 Å². The summed E-state index contributed by atoms with van der Waals surface area (Å²) >= 11 is 5.88. The molecule has 0 atom stereocenters. The van der Waals surface area contributed by atoms with Gasteiger partial charge in [-0.3, -0.25) is 19.2 Å². The Balaban J connectivity index is 0.000000701. The summed E-state index contributed by atoms with van der Waals surface area (Å²) in [4.78, 5) is 25.4. The van der Waals surface area contributed by atoms with Crippen molar-refractivity contribution >= 4 is 24.0 Å². The van der Waals surface area contributed by atoms with Crippen LogP contribution >= 0.6 is 11.6 Å². The van der Waals surface area contributed by atoms with E-state index in [-0.39, 0.29) is 6.47 Å². The van der Waals surface area contributed by atoms with Gasteiger partial charge in [0, 0.05) is 38.3 Å². The van der Waals surface area contributed by atoms with E-state index in [2.05, 4.69) is 14.9 Å². The van der Waals surface area contributed by atoms with Crippen LogP contribution < -0.4 is 0 Å². The SMILES string of the molecule is O=C(C1CCCC1)N1CCCN(CCn2cc(Cl)cn2)CC1.O=CO. The minimum absolute atomic E-state index is 0.250. The molecule has 1 amide bonds. The van der Waals surface area contributed by atoms with Crippen molar-refractivity contribution in [3.63, 3.8) is 0 Å². The van der Waals surface area contributed by atoms with Gasteiger partial charge in [-0.2, -0.15) is 5.10 Å². The molecule has 0 spiro atoms. The van der Waals surface area contributed by atoms with Crippen molar-refractivity contribution < 1.29 is 14.7 Å². The molecule has 25 heavy (non-hydrogen) atoms. The van der Waals surface area contributed by atoms with Gasteiger partial charge in [-0.05, 0) is 25.8 Å². The highest BCUT2D eigenvalue weighted by Crippen LogP contribution is 2.26. The first-order chi connectivity index (χ1) is 12.1. The number of amides is 1. The maximum atomic E-state index is 12.5. The molecule has 2 fully saturated rings. The van der Waals surface area contributed by atoms with E-state index in [1.165, 1.54) is 12.8 Å². The van der Waals surface area contributed by atoms with Gasteiger partial charge in [-0.15, -0.1) is 0 Å². The zero-order chi connectivity index (χ0) is 18.1. The van der Waals surface area contributed by atoms with Crippen LogP contribution in [0.1, 0.15) is 32.1 Å². The van der Waals surface area contributed by atoms with E-state index in [1.807, 2.05) is 10.9 Å². The number of carbonyl (C=O) groups is 2. The van der Waals surface area contributed by atoms with Crippen molar-refractivity contribution in [2.75, 3.05) is 32.7 Å². The predicted molar refractivity (Wildman–Crippen MR) is 95.5 cm³/mol. The first-order valence-electron chi connectivity index (χ1n) is 8.91. The molecule has 0 unspecified atom stereocenters. The smallest absolute Gasteiger partial charge is 0.290 e. The van der Waals surface area contributed by atoms with E-state index in [0.717, 1.165) is 58.5 Å². The molecule has 0 aromatic carbocycles. The highest BCUT2D eigenvalue weighted by molar-refractivity contribution is 6.30. The quantitative estimate of drug-likeness (QED) is 0.820. The fourth-order valence-electron chi connectivity index (χ4n) is 3.55. The molecular formula is C17H27ClN4O3. The van der Waals surface area contributed by atoms with Crippen molar-refractivity contribution in [1.82, 2.24) is 19.6 Å². The highest BCUT2D eigenvalue weighted by atomic mass is 35.5. The fraction of sp³-hybridized carbons (Fsp3) is 0.706. The Bertz CT molecular complexity index is 546. The number of carboxylic acid groups (broad SMARTS) is 1. The Hall–Kier alpha value is -1.60. The lowest BCUT2D eigenvalue weighted by molar-refractivity contribution is -0.135. The Labute approximate surface area is 153 Å². The molecule has 1 aliphatic heterocycles. The van der Waals surface area contributed by atoms with E-state index in [1.54, 1.807) is 6.20 Å². The van der Waals surface area contributed by atoms with Crippen LogP contribution in [0, 0.1) is 5.92 Å². The monoisotopic (exact) mass is 370 g/mol. The molecule has 0 radical (unpaired) electrons. The summed E-state index contributed by atoms with van der Waals surface area (Å²) in [7, 11) is 0. The predicted octanol–water partition coefficient (Wildman–Crippen LogP) is 1.96. The molecule has 2 heterocycles. The molecule has 2 aliphatic rings. The first-order valence-corrected chi connectivity index (χ1v) is 9.28. The van der Waals surface area contributed by atoms with Gasteiger partial charge in [0.05, 0.1) is 17.8 Å². The van der Waals surface area contributed by atoms with Crippen LogP contribution in [0.15, 0.2) is 12.4 Å². The average molecular weight is 371 g/mol. The Kier molecular flexibility index (Phi) is 8.21. The van der Waals surface area contributed by atoms with E-state index in [9.17, 15) is 4.79 Å². The molecule has 1 aliphatic carbocycles. The summed E-state index contributed by atoms with van der Waals surface area (Å²) in [5, 5.41) is 11.8. The second-order valence-electron chi connectivity index (χ2n) is 6.53. The summed E-state index contributed by atoms with van der Waals surface area (Å²) in [6, 6.07) is 0. The van der Waals surface area contributed by atoms with Gasteiger partial charge in [-0.25, -0.2) is 0 Å². The number of nitrogens with zero attached hydrogens (tertiary/aromatic N) is 4. The van der Waals surface area contributed by atoms with Gasteiger partial charge < -0.3 is 10.0 Å². The maximum absolute atomic E-state index is 12.5. The van der Waals surface area contributed by atoms with Crippen LogP contribution in [0.25, 0.3) is 0 Å². The minimum atomic E-state index is -0.250. The molecule has 1 N–H and O–H groups in total. The largest absolute Gasteiger partial charge is 0.483 e. The molecule has 8 heteroatoms. The molecule has 1 aromatic heterocycles. The molecule has 7 nitrogen and oxygen atoms in total. The molecule has 0 bridgehead atoms. The Morgan fingerprint density at radius 2 is 1.92 bits per heavy atom. The maximum Gasteiger partial charge on any atom is 0.290 e. The minimum Gasteiger partial charge on any atom is -0.483 e. The number of aromatic nitrogens is 2. The molecule has 1 saturated carbocycles. The molecule has 140 valence electrons. The molecule has 1 saturated heterocycles. The van der Waals surface area contributed by atoms with Crippen molar-refractivity contribution in [1.29, 1.82) is 0 Å². The summed E-state index contributed by atoms with van der Waals surface area (Å²) in [5.41, 5.74) is 0. The third-order valence-electron chi connectivity index (χ3n) is 4.85. The van der Waals surface area contributed by atoms with Gasteiger partial charge in [0.25, 0.3) is 6.47 Å². The van der Waals surface area contributed by atoms with E-state index in [4.69, 9.17) is 21.5 Å². The summed E-state index contributed by atoms with van der Waals surface area (Å²) in [5.74, 6) is 0.705. The Morgan fingerprint density at radius 3 is 2.56 bits per heavy atom. The van der Waals surface area contributed by atoms with Crippen LogP contribution in [-0.2, 0) is 16.1 Å². The lowest BCUT2D eigenvalue weighted by Crippen LogP contribution is -2.38. The molecule has 3 rings (SSSR count). The second kappa shape index (κ2) is 10.4. The van der Waals surface area contributed by atoms with E-state index in [0.29, 0.717) is 16.8 Å². The van der Waals surface area contributed by atoms with Gasteiger partial charge in [-0.1, -0.05) is 24.4 Å². The van der Waals surface area contributed by atoms with Gasteiger partial charge in [0.1, 0.15) is 0 Å². The van der Waals surface area contributed by atoms with Crippen molar-refractivity contribution in [2.45, 2.75) is 38.6 Å². The first kappa shape index (κ1) is 19.7. The summed E-state index contributed by atoms with van der Waals surface area (Å²) in [6.45, 7) is 5.37. The van der Waals surface area contributed by atoms with Crippen LogP contribution in [0.3, 0.4) is 0 Å². The zero-order valence-electron chi connectivity index (χ0n) is 14.5. The lowest BCUT2D eigenvalue weighted by Gasteiger charge is -2.24. The summed E-state index contributed by atoms with van der Waals surface area (Å²) < 4.78 is 1.88. The van der Waals surface area contributed by atoms with Crippen molar-refractivity contribution in [3.8, 4) is 0 Å². The number of hydrogen-bond donors (Lipinski definition) is 1. The third kappa shape index (κ3) is 6.32. The number of halogens is 1. The number of rotatable bonds is 4. The van der Waals surface area contributed by atoms with Gasteiger partial charge in [0.2, 0.25) is 5.91 Å². The molecular weight excluding hydrogens is 344 g/mol. The topological polar surface area (TPSA) is 78.7 Å². The number of carbonyl (C=O) groups excluding carboxylic acids is 1. The summed E-state index contributed by atoms with van der Waals surface area (Å²) in [6.07, 6.45) is 9.24. The highest BCUT2D eigenvalue weighted by Gasteiger charge is 2.28. The molecule has 1 aromatic rings. The second-order valence-corrected chi connectivity index (χ2v) is 6.97. The lowest BCUT2D eigenvalue weighted by atomic mass is 10.1. The average Bonchev–Trinajstić information content (AvgIpc) is 3.21. The van der Waals surface area contributed by atoms with E-state index < -0.39 is 0 Å². The van der Waals surface area contributed by atoms with Crippen LogP contribution in [-0.4, -0.2) is 69.8 Å². The van der Waals surface area contributed by atoms with Crippen LogP contribution in [0.5, 0.6) is 0 Å².